The Bertz CT molecular complexity index is 1520. The Hall–Kier alpha value is -3.79. The monoisotopic (exact) mass is 552 g/mol. The molecule has 8 nitrogen and oxygen atoms in total. The van der Waals surface area contributed by atoms with Crippen LogP contribution in [0.2, 0.25) is 5.02 Å². The highest BCUT2D eigenvalue weighted by Crippen LogP contribution is 2.17. The third-order valence-corrected chi connectivity index (χ3v) is 7.09. The Morgan fingerprint density at radius 3 is 2.53 bits per heavy atom. The lowest BCUT2D eigenvalue weighted by Gasteiger charge is -2.15. The van der Waals surface area contributed by atoms with E-state index in [4.69, 9.17) is 25.4 Å². The number of oxime groups is 1. The smallest absolute Gasteiger partial charge is 0.338 e. The maximum atomic E-state index is 12.7. The Labute approximate surface area is 225 Å². The van der Waals surface area contributed by atoms with Gasteiger partial charge in [-0.25, -0.2) is 4.79 Å². The summed E-state index contributed by atoms with van der Waals surface area (Å²) in [5.41, 5.74) is 2.73. The van der Waals surface area contributed by atoms with Crippen molar-refractivity contribution in [1.29, 1.82) is 0 Å². The number of rotatable bonds is 11. The average molecular weight is 553 g/mol. The number of pyridine rings is 1. The van der Waals surface area contributed by atoms with Gasteiger partial charge in [-0.15, -0.1) is 0 Å². The van der Waals surface area contributed by atoms with Gasteiger partial charge in [0.05, 0.1) is 28.8 Å². The minimum absolute atomic E-state index is 0.0290. The van der Waals surface area contributed by atoms with E-state index in [1.54, 1.807) is 42.6 Å². The zero-order valence-electron chi connectivity index (χ0n) is 20.5. The number of halogens is 1. The Kier molecular flexibility index (Phi) is 9.06. The van der Waals surface area contributed by atoms with Crippen molar-refractivity contribution in [3.05, 3.63) is 107 Å². The molecule has 0 saturated heterocycles. The van der Waals surface area contributed by atoms with Crippen LogP contribution < -0.4 is 0 Å². The molecule has 1 atom stereocenters. The van der Waals surface area contributed by atoms with Gasteiger partial charge >= 0.3 is 5.97 Å². The molecule has 0 aliphatic rings. The predicted molar refractivity (Wildman–Crippen MR) is 145 cm³/mol. The number of fused-ring (bicyclic) bond motifs is 1. The molecule has 10 heteroatoms. The summed E-state index contributed by atoms with van der Waals surface area (Å²) in [5, 5.41) is 5.49. The van der Waals surface area contributed by atoms with Crippen LogP contribution in [0, 0.1) is 6.92 Å². The number of nitrogens with zero attached hydrogens (tertiary/aromatic N) is 2. The highest BCUT2D eigenvalue weighted by atomic mass is 35.5. The van der Waals surface area contributed by atoms with E-state index in [1.807, 2.05) is 37.3 Å². The summed E-state index contributed by atoms with van der Waals surface area (Å²) in [6, 6.07) is 22.0. The number of hydrogen-bond donors (Lipinski definition) is 0. The molecule has 0 N–H and O–H groups in total. The Morgan fingerprint density at radius 2 is 1.76 bits per heavy atom. The Balaban J connectivity index is 1.43. The molecule has 4 aromatic rings. The van der Waals surface area contributed by atoms with E-state index in [1.165, 1.54) is 18.3 Å². The number of aromatic nitrogens is 1. The van der Waals surface area contributed by atoms with Gasteiger partial charge in [0.15, 0.2) is 6.10 Å². The van der Waals surface area contributed by atoms with Gasteiger partial charge in [0.1, 0.15) is 6.61 Å². The zero-order valence-corrected chi connectivity index (χ0v) is 22.1. The molecule has 3 aromatic carbocycles. The quantitative estimate of drug-likeness (QED) is 0.104. The fourth-order valence-electron chi connectivity index (χ4n) is 3.46. The van der Waals surface area contributed by atoms with E-state index < -0.39 is 22.2 Å². The van der Waals surface area contributed by atoms with Crippen molar-refractivity contribution < 1.29 is 27.0 Å². The van der Waals surface area contributed by atoms with Gasteiger partial charge in [0.2, 0.25) is 0 Å². The summed E-state index contributed by atoms with van der Waals surface area (Å²) in [7, 11) is -4.03. The summed E-state index contributed by atoms with van der Waals surface area (Å²) >= 11 is 5.86. The van der Waals surface area contributed by atoms with Gasteiger partial charge in [-0.2, -0.15) is 8.42 Å². The fourth-order valence-corrected chi connectivity index (χ4v) is 4.52. The van der Waals surface area contributed by atoms with Gasteiger partial charge in [0.25, 0.3) is 10.1 Å². The van der Waals surface area contributed by atoms with Crippen molar-refractivity contribution in [2.24, 2.45) is 5.16 Å². The largest absolute Gasteiger partial charge is 0.462 e. The summed E-state index contributed by atoms with van der Waals surface area (Å²) in [5.74, 6) is -0.543. The lowest BCUT2D eigenvalue weighted by Crippen LogP contribution is -2.23. The van der Waals surface area contributed by atoms with Crippen LogP contribution in [0.15, 0.2) is 95.1 Å². The number of para-hydroxylation sites is 1. The first-order valence-corrected chi connectivity index (χ1v) is 13.5. The van der Waals surface area contributed by atoms with Gasteiger partial charge in [-0.1, -0.05) is 58.7 Å². The summed E-state index contributed by atoms with van der Waals surface area (Å²) in [6.45, 7) is 1.47. The van der Waals surface area contributed by atoms with Crippen molar-refractivity contribution >= 4 is 44.8 Å². The lowest BCUT2D eigenvalue weighted by atomic mass is 10.1. The molecule has 1 aromatic heterocycles. The molecule has 4 rings (SSSR count). The minimum Gasteiger partial charge on any atom is -0.462 e. The van der Waals surface area contributed by atoms with E-state index >= 15 is 0 Å². The predicted octanol–water partition coefficient (Wildman–Crippen LogP) is 5.57. The van der Waals surface area contributed by atoms with Crippen LogP contribution in [0.25, 0.3) is 10.9 Å². The van der Waals surface area contributed by atoms with E-state index in [-0.39, 0.29) is 24.5 Å². The molecule has 38 heavy (non-hydrogen) atoms. The second kappa shape index (κ2) is 12.6. The summed E-state index contributed by atoms with van der Waals surface area (Å²) < 4.78 is 35.9. The molecule has 0 spiro atoms. The summed E-state index contributed by atoms with van der Waals surface area (Å²) in [6.07, 6.45) is 2.49. The molecule has 0 radical (unpaired) electrons. The topological polar surface area (TPSA) is 104 Å². The standard InChI is InChI=1S/C28H25ClN2O6S/c1-20-7-13-26(14-8-20)38(33,34)36-19-25(15-17-35-28(32)22-9-11-24(29)12-10-22)37-31-18-23-5-2-4-21-6-3-16-30-27(21)23/h2-14,16,18,25H,15,17,19H2,1H3/b31-18+. The number of carbonyl (C=O) groups is 1. The number of esters is 1. The molecular formula is C28H25ClN2O6S. The van der Waals surface area contributed by atoms with Crippen molar-refractivity contribution in [3.63, 3.8) is 0 Å². The first-order chi connectivity index (χ1) is 18.3. The van der Waals surface area contributed by atoms with Gasteiger partial charge in [-0.3, -0.25) is 9.17 Å². The van der Waals surface area contributed by atoms with Gasteiger partial charge in [0, 0.05) is 28.6 Å². The van der Waals surface area contributed by atoms with Crippen LogP contribution in [0.3, 0.4) is 0 Å². The zero-order chi connectivity index (χ0) is 27.0. The molecule has 1 unspecified atom stereocenters. The maximum Gasteiger partial charge on any atom is 0.338 e. The molecule has 0 aliphatic heterocycles. The van der Waals surface area contributed by atoms with E-state index in [2.05, 4.69) is 10.1 Å². The third kappa shape index (κ3) is 7.38. The normalized spacial score (nSPS) is 12.5. The van der Waals surface area contributed by atoms with Crippen molar-refractivity contribution in [3.8, 4) is 0 Å². The second-order valence-electron chi connectivity index (χ2n) is 8.37. The number of benzene rings is 3. The average Bonchev–Trinajstić information content (AvgIpc) is 2.92. The number of hydrogen-bond acceptors (Lipinski definition) is 8. The van der Waals surface area contributed by atoms with E-state index in [0.29, 0.717) is 10.6 Å². The highest BCUT2D eigenvalue weighted by molar-refractivity contribution is 7.86. The van der Waals surface area contributed by atoms with Crippen LogP contribution in [-0.4, -0.2) is 44.9 Å². The second-order valence-corrected chi connectivity index (χ2v) is 10.4. The van der Waals surface area contributed by atoms with E-state index in [0.717, 1.165) is 22.0 Å². The molecule has 0 aliphatic carbocycles. The summed E-state index contributed by atoms with van der Waals surface area (Å²) in [4.78, 5) is 22.3. The van der Waals surface area contributed by atoms with Crippen LogP contribution in [0.1, 0.15) is 27.9 Å². The Morgan fingerprint density at radius 1 is 1.03 bits per heavy atom. The number of carbonyl (C=O) groups excluding carboxylic acids is 1. The molecule has 0 saturated carbocycles. The van der Waals surface area contributed by atoms with Crippen molar-refractivity contribution in [2.45, 2.75) is 24.3 Å². The van der Waals surface area contributed by atoms with Crippen molar-refractivity contribution in [1.82, 2.24) is 4.98 Å². The number of aryl methyl sites for hydroxylation is 1. The molecule has 0 fully saturated rings. The fraction of sp³-hybridized carbons (Fsp3) is 0.179. The number of ether oxygens (including phenoxy) is 1. The van der Waals surface area contributed by atoms with Crippen LogP contribution >= 0.6 is 11.6 Å². The molecular weight excluding hydrogens is 528 g/mol. The molecule has 196 valence electrons. The molecule has 1 heterocycles. The van der Waals surface area contributed by atoms with Gasteiger partial charge < -0.3 is 9.57 Å². The van der Waals surface area contributed by atoms with Crippen molar-refractivity contribution in [2.75, 3.05) is 13.2 Å². The lowest BCUT2D eigenvalue weighted by molar-refractivity contribution is 0.00285. The van der Waals surface area contributed by atoms with E-state index in [9.17, 15) is 13.2 Å². The minimum atomic E-state index is -4.03. The van der Waals surface area contributed by atoms with Crippen LogP contribution in [0.4, 0.5) is 0 Å². The van der Waals surface area contributed by atoms with Crippen LogP contribution in [0.5, 0.6) is 0 Å². The first kappa shape index (κ1) is 27.3. The first-order valence-electron chi connectivity index (χ1n) is 11.7. The SMILES string of the molecule is Cc1ccc(S(=O)(=O)OCC(CCOC(=O)c2ccc(Cl)cc2)O/N=C/c2cccc3cccnc23)cc1. The highest BCUT2D eigenvalue weighted by Gasteiger charge is 2.20. The molecule has 0 amide bonds. The maximum absolute atomic E-state index is 12.7. The molecule has 0 bridgehead atoms. The van der Waals surface area contributed by atoms with Crippen LogP contribution in [-0.2, 0) is 23.9 Å². The third-order valence-electron chi connectivity index (χ3n) is 5.54. The van der Waals surface area contributed by atoms with Gasteiger partial charge in [-0.05, 0) is 49.4 Å².